The van der Waals surface area contributed by atoms with Crippen LogP contribution < -0.4 is 5.14 Å². The summed E-state index contributed by atoms with van der Waals surface area (Å²) in [5.41, 5.74) is 0.0830. The van der Waals surface area contributed by atoms with E-state index in [1.54, 1.807) is 0 Å². The number of carboxylic acids is 1. The molecule has 2 rings (SSSR count). The lowest BCUT2D eigenvalue weighted by Gasteiger charge is -2.33. The summed E-state index contributed by atoms with van der Waals surface area (Å²) in [6.07, 6.45) is 1.83. The van der Waals surface area contributed by atoms with E-state index in [9.17, 15) is 23.1 Å². The second-order valence-corrected chi connectivity index (χ2v) is 7.45. The SMILES string of the molecule is NS(=O)(=O)c1ccc(Br)c(C(=O)N2CCCC[C@H]2C(=O)O)c1. The van der Waals surface area contributed by atoms with Gasteiger partial charge in [0.05, 0.1) is 10.5 Å². The number of benzene rings is 1. The molecule has 0 spiro atoms. The smallest absolute Gasteiger partial charge is 0.326 e. The fourth-order valence-electron chi connectivity index (χ4n) is 2.43. The molecule has 1 aliphatic heterocycles. The minimum atomic E-state index is -3.94. The Morgan fingerprint density at radius 1 is 1.32 bits per heavy atom. The molecule has 0 saturated carbocycles. The van der Waals surface area contributed by atoms with E-state index in [0.29, 0.717) is 23.9 Å². The van der Waals surface area contributed by atoms with E-state index in [0.717, 1.165) is 12.5 Å². The number of sulfonamides is 1. The number of aliphatic carboxylic acids is 1. The van der Waals surface area contributed by atoms with Crippen molar-refractivity contribution in [2.75, 3.05) is 6.54 Å². The number of hydrogen-bond acceptors (Lipinski definition) is 4. The van der Waals surface area contributed by atoms with Gasteiger partial charge in [0.15, 0.2) is 0 Å². The van der Waals surface area contributed by atoms with Crippen LogP contribution in [-0.2, 0) is 14.8 Å². The summed E-state index contributed by atoms with van der Waals surface area (Å²) in [6, 6.07) is 2.95. The maximum Gasteiger partial charge on any atom is 0.326 e. The first-order valence-electron chi connectivity index (χ1n) is 6.58. The molecule has 0 radical (unpaired) electrons. The molecule has 1 fully saturated rings. The van der Waals surface area contributed by atoms with Gasteiger partial charge in [0.25, 0.3) is 5.91 Å². The number of amides is 1. The van der Waals surface area contributed by atoms with Gasteiger partial charge in [-0.2, -0.15) is 0 Å². The molecule has 1 heterocycles. The Balaban J connectivity index is 2.42. The van der Waals surface area contributed by atoms with Crippen LogP contribution in [0.5, 0.6) is 0 Å². The zero-order valence-corrected chi connectivity index (χ0v) is 13.9. The lowest BCUT2D eigenvalue weighted by molar-refractivity contribution is -0.143. The van der Waals surface area contributed by atoms with E-state index < -0.39 is 27.9 Å². The largest absolute Gasteiger partial charge is 0.480 e. The molecule has 1 amide bonds. The molecular weight excluding hydrogens is 376 g/mol. The molecule has 0 aromatic heterocycles. The van der Waals surface area contributed by atoms with Gasteiger partial charge in [-0.1, -0.05) is 0 Å². The average Bonchev–Trinajstić information content (AvgIpc) is 2.45. The van der Waals surface area contributed by atoms with E-state index >= 15 is 0 Å². The van der Waals surface area contributed by atoms with Crippen LogP contribution >= 0.6 is 15.9 Å². The molecule has 0 bridgehead atoms. The highest BCUT2D eigenvalue weighted by molar-refractivity contribution is 9.10. The fraction of sp³-hybridized carbons (Fsp3) is 0.385. The Morgan fingerprint density at radius 3 is 2.59 bits per heavy atom. The molecule has 22 heavy (non-hydrogen) atoms. The van der Waals surface area contributed by atoms with Crippen molar-refractivity contribution in [2.45, 2.75) is 30.2 Å². The summed E-state index contributed by atoms with van der Waals surface area (Å²) in [5.74, 6) is -1.59. The van der Waals surface area contributed by atoms with Gasteiger partial charge in [-0.25, -0.2) is 18.4 Å². The molecule has 7 nitrogen and oxygen atoms in total. The predicted molar refractivity (Wildman–Crippen MR) is 81.8 cm³/mol. The van der Waals surface area contributed by atoms with Gasteiger partial charge < -0.3 is 10.0 Å². The first-order valence-corrected chi connectivity index (χ1v) is 8.92. The first kappa shape index (κ1) is 16.9. The summed E-state index contributed by atoms with van der Waals surface area (Å²) in [7, 11) is -3.94. The van der Waals surface area contributed by atoms with Crippen molar-refractivity contribution in [2.24, 2.45) is 5.14 Å². The van der Waals surface area contributed by atoms with Crippen molar-refractivity contribution < 1.29 is 23.1 Å². The lowest BCUT2D eigenvalue weighted by Crippen LogP contribution is -2.48. The van der Waals surface area contributed by atoms with Gasteiger partial charge in [0.2, 0.25) is 10.0 Å². The number of halogens is 1. The Hall–Kier alpha value is -1.45. The monoisotopic (exact) mass is 390 g/mol. The van der Waals surface area contributed by atoms with Crippen LogP contribution in [-0.4, -0.2) is 42.9 Å². The average molecular weight is 391 g/mol. The predicted octanol–water partition coefficient (Wildman–Crippen LogP) is 1.18. The third-order valence-corrected chi connectivity index (χ3v) is 5.15. The standard InChI is InChI=1S/C13H15BrN2O5S/c14-10-5-4-8(22(15,20)21)7-9(10)12(17)16-6-2-1-3-11(16)13(18)19/h4-5,7,11H,1-3,6H2,(H,18,19)(H2,15,20,21)/t11-/m0/s1. The third kappa shape index (κ3) is 3.47. The van der Waals surface area contributed by atoms with Crippen LogP contribution in [0.25, 0.3) is 0 Å². The van der Waals surface area contributed by atoms with Gasteiger partial charge in [-0.15, -0.1) is 0 Å². The second-order valence-electron chi connectivity index (χ2n) is 5.04. The highest BCUT2D eigenvalue weighted by Gasteiger charge is 2.33. The zero-order chi connectivity index (χ0) is 16.5. The van der Waals surface area contributed by atoms with Crippen LogP contribution in [0.2, 0.25) is 0 Å². The van der Waals surface area contributed by atoms with Crippen LogP contribution in [0.4, 0.5) is 0 Å². The van der Waals surface area contributed by atoms with E-state index in [-0.39, 0.29) is 10.5 Å². The molecule has 9 heteroatoms. The zero-order valence-electron chi connectivity index (χ0n) is 11.5. The summed E-state index contributed by atoms with van der Waals surface area (Å²) in [5, 5.41) is 14.3. The summed E-state index contributed by atoms with van der Waals surface area (Å²) >= 11 is 3.19. The molecule has 0 aliphatic carbocycles. The summed E-state index contributed by atoms with van der Waals surface area (Å²) < 4.78 is 23.2. The van der Waals surface area contributed by atoms with Gasteiger partial charge in [-0.05, 0) is 53.4 Å². The third-order valence-electron chi connectivity index (χ3n) is 3.55. The second kappa shape index (κ2) is 6.35. The van der Waals surface area contributed by atoms with Crippen molar-refractivity contribution in [3.8, 4) is 0 Å². The highest BCUT2D eigenvalue weighted by atomic mass is 79.9. The summed E-state index contributed by atoms with van der Waals surface area (Å²) in [6.45, 7) is 0.321. The van der Waals surface area contributed by atoms with Gasteiger partial charge >= 0.3 is 5.97 Å². The first-order chi connectivity index (χ1) is 10.2. The van der Waals surface area contributed by atoms with Crippen molar-refractivity contribution in [3.63, 3.8) is 0 Å². The van der Waals surface area contributed by atoms with E-state index in [1.807, 2.05) is 0 Å². The molecule has 120 valence electrons. The molecule has 1 aliphatic rings. The van der Waals surface area contributed by atoms with Gasteiger partial charge in [-0.3, -0.25) is 4.79 Å². The Labute approximate surface area is 136 Å². The topological polar surface area (TPSA) is 118 Å². The number of nitrogens with zero attached hydrogens (tertiary/aromatic N) is 1. The van der Waals surface area contributed by atoms with E-state index in [4.69, 9.17) is 5.14 Å². The van der Waals surface area contributed by atoms with Crippen LogP contribution in [0.1, 0.15) is 29.6 Å². The highest BCUT2D eigenvalue weighted by Crippen LogP contribution is 2.25. The maximum absolute atomic E-state index is 12.6. The van der Waals surface area contributed by atoms with Crippen molar-refractivity contribution >= 4 is 37.8 Å². The Bertz CT molecular complexity index is 719. The normalized spacial score (nSPS) is 19.0. The number of piperidine rings is 1. The number of primary sulfonamides is 1. The number of carbonyl (C=O) groups excluding carboxylic acids is 1. The van der Waals surface area contributed by atoms with E-state index in [1.165, 1.54) is 17.0 Å². The Kier molecular flexibility index (Phi) is 4.88. The Morgan fingerprint density at radius 2 is 2.00 bits per heavy atom. The molecular formula is C13H15BrN2O5S. The maximum atomic E-state index is 12.6. The molecule has 1 aromatic rings. The quantitative estimate of drug-likeness (QED) is 0.802. The molecule has 1 atom stereocenters. The minimum absolute atomic E-state index is 0.0830. The number of likely N-dealkylation sites (tertiary alicyclic amines) is 1. The molecule has 1 aromatic carbocycles. The number of rotatable bonds is 3. The summed E-state index contributed by atoms with van der Waals surface area (Å²) in [4.78, 5) is 25.0. The van der Waals surface area contributed by atoms with E-state index in [2.05, 4.69) is 15.9 Å². The van der Waals surface area contributed by atoms with Gasteiger partial charge in [0.1, 0.15) is 6.04 Å². The number of carbonyl (C=O) groups is 2. The number of carboxylic acid groups (broad SMARTS) is 1. The minimum Gasteiger partial charge on any atom is -0.480 e. The fourth-order valence-corrected chi connectivity index (χ4v) is 3.39. The van der Waals surface area contributed by atoms with Gasteiger partial charge in [0, 0.05) is 11.0 Å². The molecule has 3 N–H and O–H groups in total. The van der Waals surface area contributed by atoms with Crippen molar-refractivity contribution in [3.05, 3.63) is 28.2 Å². The van der Waals surface area contributed by atoms with Crippen LogP contribution in [0.15, 0.2) is 27.6 Å². The van der Waals surface area contributed by atoms with Crippen molar-refractivity contribution in [1.82, 2.24) is 4.90 Å². The van der Waals surface area contributed by atoms with Crippen LogP contribution in [0, 0.1) is 0 Å². The number of nitrogens with two attached hydrogens (primary N) is 1. The lowest BCUT2D eigenvalue weighted by atomic mass is 10.0. The number of hydrogen-bond donors (Lipinski definition) is 2. The van der Waals surface area contributed by atoms with Crippen LogP contribution in [0.3, 0.4) is 0 Å². The molecule has 1 saturated heterocycles. The van der Waals surface area contributed by atoms with Crippen molar-refractivity contribution in [1.29, 1.82) is 0 Å². The molecule has 0 unspecified atom stereocenters.